The van der Waals surface area contributed by atoms with E-state index < -0.39 is 0 Å². The van der Waals surface area contributed by atoms with Gasteiger partial charge >= 0.3 is 0 Å². The van der Waals surface area contributed by atoms with Crippen LogP contribution in [-0.2, 0) is 4.79 Å². The van der Waals surface area contributed by atoms with Crippen molar-refractivity contribution in [2.24, 2.45) is 5.41 Å². The lowest BCUT2D eigenvalue weighted by atomic mass is 9.91. The number of carbonyl (C=O) groups is 1. The van der Waals surface area contributed by atoms with Crippen LogP contribution in [0.4, 0.5) is 11.4 Å². The summed E-state index contributed by atoms with van der Waals surface area (Å²) in [5, 5.41) is 12.6. The number of rotatable bonds is 6. The number of benzene rings is 1. The van der Waals surface area contributed by atoms with Gasteiger partial charge in [-0.1, -0.05) is 20.8 Å². The van der Waals surface area contributed by atoms with Crippen molar-refractivity contribution < 1.29 is 9.90 Å². The average molecular weight is 348 g/mol. The number of nitrogens with one attached hydrogen (secondary N) is 1. The van der Waals surface area contributed by atoms with E-state index in [1.54, 1.807) is 0 Å². The van der Waals surface area contributed by atoms with Gasteiger partial charge in [0.2, 0.25) is 5.91 Å². The number of aliphatic hydroxyl groups excluding tert-OH is 1. The van der Waals surface area contributed by atoms with E-state index in [1.807, 2.05) is 16.8 Å². The molecular formula is C20H33N3O2. The first-order valence-corrected chi connectivity index (χ1v) is 9.25. The lowest BCUT2D eigenvalue weighted by molar-refractivity contribution is -0.134. The van der Waals surface area contributed by atoms with Gasteiger partial charge < -0.3 is 20.2 Å². The number of likely N-dealkylation sites (N-methyl/N-ethyl adjacent to an activating group) is 1. The molecule has 0 spiro atoms. The largest absolute Gasteiger partial charge is 0.395 e. The molecule has 2 rings (SSSR count). The highest BCUT2D eigenvalue weighted by molar-refractivity contribution is 5.77. The van der Waals surface area contributed by atoms with Gasteiger partial charge in [-0.05, 0) is 42.5 Å². The maximum Gasteiger partial charge on any atom is 0.223 e. The third-order valence-electron chi connectivity index (χ3n) is 4.64. The molecule has 1 amide bonds. The zero-order chi connectivity index (χ0) is 18.4. The first-order valence-electron chi connectivity index (χ1n) is 9.25. The molecule has 140 valence electrons. The van der Waals surface area contributed by atoms with Crippen LogP contribution in [0.15, 0.2) is 24.3 Å². The number of anilines is 2. The van der Waals surface area contributed by atoms with Gasteiger partial charge in [-0.25, -0.2) is 0 Å². The molecule has 0 aliphatic carbocycles. The molecule has 1 aliphatic heterocycles. The monoisotopic (exact) mass is 347 g/mol. The van der Waals surface area contributed by atoms with Gasteiger partial charge in [-0.15, -0.1) is 0 Å². The molecule has 25 heavy (non-hydrogen) atoms. The van der Waals surface area contributed by atoms with Crippen LogP contribution in [0.5, 0.6) is 0 Å². The Morgan fingerprint density at radius 2 is 1.84 bits per heavy atom. The van der Waals surface area contributed by atoms with Crippen molar-refractivity contribution in [3.63, 3.8) is 0 Å². The molecule has 0 bridgehead atoms. The zero-order valence-corrected chi connectivity index (χ0v) is 16.1. The maximum absolute atomic E-state index is 12.3. The molecule has 0 unspecified atom stereocenters. The Morgan fingerprint density at radius 1 is 1.24 bits per heavy atom. The number of likely N-dealkylation sites (tertiary alicyclic amines) is 1. The highest BCUT2D eigenvalue weighted by atomic mass is 16.3. The first kappa shape index (κ1) is 19.6. The predicted molar refractivity (Wildman–Crippen MR) is 104 cm³/mol. The molecule has 0 atom stereocenters. The average Bonchev–Trinajstić information content (AvgIpc) is 2.55. The Bertz CT molecular complexity index is 543. The topological polar surface area (TPSA) is 55.8 Å². The van der Waals surface area contributed by atoms with Crippen molar-refractivity contribution in [2.75, 3.05) is 43.5 Å². The molecule has 0 radical (unpaired) electrons. The Kier molecular flexibility index (Phi) is 6.71. The molecule has 1 heterocycles. The predicted octanol–water partition coefficient (Wildman–Crippen LogP) is 2.95. The molecule has 0 saturated carbocycles. The van der Waals surface area contributed by atoms with E-state index in [9.17, 15) is 4.79 Å². The van der Waals surface area contributed by atoms with E-state index in [1.165, 1.54) is 0 Å². The number of piperidine rings is 1. The smallest absolute Gasteiger partial charge is 0.223 e. The SMILES string of the molecule is CN(CCO)c1ccc(NC2CCN(C(=O)CC(C)(C)C)CC2)cc1. The van der Waals surface area contributed by atoms with Crippen LogP contribution < -0.4 is 10.2 Å². The van der Waals surface area contributed by atoms with Crippen LogP contribution in [-0.4, -0.2) is 55.2 Å². The van der Waals surface area contributed by atoms with Gasteiger partial charge in [0.15, 0.2) is 0 Å². The number of carbonyl (C=O) groups excluding carboxylic acids is 1. The van der Waals surface area contributed by atoms with E-state index in [0.717, 1.165) is 37.3 Å². The van der Waals surface area contributed by atoms with Gasteiger partial charge in [-0.2, -0.15) is 0 Å². The van der Waals surface area contributed by atoms with Gasteiger partial charge in [0.1, 0.15) is 0 Å². The van der Waals surface area contributed by atoms with Crippen molar-refractivity contribution in [3.05, 3.63) is 24.3 Å². The summed E-state index contributed by atoms with van der Waals surface area (Å²) in [4.78, 5) is 16.4. The molecule has 2 N–H and O–H groups in total. The van der Waals surface area contributed by atoms with Crippen molar-refractivity contribution in [1.82, 2.24) is 4.90 Å². The second-order valence-corrected chi connectivity index (χ2v) is 8.23. The fourth-order valence-corrected chi connectivity index (χ4v) is 3.17. The van der Waals surface area contributed by atoms with Crippen molar-refractivity contribution in [1.29, 1.82) is 0 Å². The molecule has 5 nitrogen and oxygen atoms in total. The third kappa shape index (κ3) is 6.24. The van der Waals surface area contributed by atoms with E-state index in [2.05, 4.69) is 50.4 Å². The van der Waals surface area contributed by atoms with Crippen molar-refractivity contribution >= 4 is 17.3 Å². The van der Waals surface area contributed by atoms with E-state index in [4.69, 9.17) is 5.11 Å². The highest BCUT2D eigenvalue weighted by Gasteiger charge is 2.25. The molecule has 0 aromatic heterocycles. The third-order valence-corrected chi connectivity index (χ3v) is 4.64. The minimum atomic E-state index is 0.0527. The fourth-order valence-electron chi connectivity index (χ4n) is 3.17. The Labute approximate surface area is 152 Å². The summed E-state index contributed by atoms with van der Waals surface area (Å²) in [5.74, 6) is 0.280. The number of amides is 1. The fraction of sp³-hybridized carbons (Fsp3) is 0.650. The standard InChI is InChI=1S/C20H33N3O2/c1-20(2,3)15-19(25)23-11-9-17(10-12-23)21-16-5-7-18(8-6-16)22(4)13-14-24/h5-8,17,21,24H,9-15H2,1-4H3. The maximum atomic E-state index is 12.3. The van der Waals surface area contributed by atoms with Crippen LogP contribution >= 0.6 is 0 Å². The summed E-state index contributed by atoms with van der Waals surface area (Å²) in [6.45, 7) is 8.80. The van der Waals surface area contributed by atoms with Crippen LogP contribution in [0, 0.1) is 5.41 Å². The van der Waals surface area contributed by atoms with E-state index in [-0.39, 0.29) is 17.9 Å². The molecule has 1 aromatic rings. The summed E-state index contributed by atoms with van der Waals surface area (Å²) in [5.41, 5.74) is 2.26. The number of nitrogens with zero attached hydrogens (tertiary/aromatic N) is 2. The first-order chi connectivity index (χ1) is 11.8. The summed E-state index contributed by atoms with van der Waals surface area (Å²) >= 11 is 0. The lowest BCUT2D eigenvalue weighted by Crippen LogP contribution is -2.43. The number of hydrogen-bond donors (Lipinski definition) is 2. The molecule has 5 heteroatoms. The van der Waals surface area contributed by atoms with Crippen molar-refractivity contribution in [3.8, 4) is 0 Å². The van der Waals surface area contributed by atoms with Crippen LogP contribution in [0.25, 0.3) is 0 Å². The Balaban J connectivity index is 1.81. The van der Waals surface area contributed by atoms with E-state index >= 15 is 0 Å². The normalized spacial score (nSPS) is 16.0. The second kappa shape index (κ2) is 8.56. The summed E-state index contributed by atoms with van der Waals surface area (Å²) < 4.78 is 0. The molecule has 1 aliphatic rings. The summed E-state index contributed by atoms with van der Waals surface area (Å²) in [6, 6.07) is 8.72. The highest BCUT2D eigenvalue weighted by Crippen LogP contribution is 2.23. The Hall–Kier alpha value is -1.75. The van der Waals surface area contributed by atoms with Gasteiger partial charge in [0.05, 0.1) is 6.61 Å². The minimum absolute atomic E-state index is 0.0527. The van der Waals surface area contributed by atoms with Crippen LogP contribution in [0.2, 0.25) is 0 Å². The number of hydrogen-bond acceptors (Lipinski definition) is 4. The zero-order valence-electron chi connectivity index (χ0n) is 16.1. The van der Waals surface area contributed by atoms with E-state index in [0.29, 0.717) is 19.0 Å². The van der Waals surface area contributed by atoms with Crippen LogP contribution in [0.3, 0.4) is 0 Å². The van der Waals surface area contributed by atoms with Gasteiger partial charge in [-0.3, -0.25) is 4.79 Å². The quantitative estimate of drug-likeness (QED) is 0.831. The molecule has 1 saturated heterocycles. The van der Waals surface area contributed by atoms with Crippen LogP contribution in [0.1, 0.15) is 40.0 Å². The Morgan fingerprint density at radius 3 is 2.36 bits per heavy atom. The second-order valence-electron chi connectivity index (χ2n) is 8.23. The minimum Gasteiger partial charge on any atom is -0.395 e. The van der Waals surface area contributed by atoms with Gasteiger partial charge in [0, 0.05) is 50.5 Å². The molecule has 1 fully saturated rings. The summed E-state index contributed by atoms with van der Waals surface area (Å²) in [6.07, 6.45) is 2.60. The van der Waals surface area contributed by atoms with Gasteiger partial charge in [0.25, 0.3) is 0 Å². The summed E-state index contributed by atoms with van der Waals surface area (Å²) in [7, 11) is 1.98. The molecular weight excluding hydrogens is 314 g/mol. The molecule has 1 aromatic carbocycles. The lowest BCUT2D eigenvalue weighted by Gasteiger charge is -2.34. The van der Waals surface area contributed by atoms with Crippen molar-refractivity contribution in [2.45, 2.75) is 46.1 Å². The number of aliphatic hydroxyl groups is 1.